The Labute approximate surface area is 95.2 Å². The zero-order valence-corrected chi connectivity index (χ0v) is 9.64. The minimum atomic E-state index is -0.280. The van der Waals surface area contributed by atoms with Gasteiger partial charge in [0.25, 0.3) is 0 Å². The first-order valence-electron chi connectivity index (χ1n) is 5.21. The number of hydrogen-bond acceptors (Lipinski definition) is 5. The van der Waals surface area contributed by atoms with Gasteiger partial charge in [-0.15, -0.1) is 0 Å². The topological polar surface area (TPSA) is 68.5 Å². The van der Waals surface area contributed by atoms with Crippen molar-refractivity contribution in [2.75, 3.05) is 30.8 Å². The van der Waals surface area contributed by atoms with Crippen LogP contribution in [0, 0.1) is 0 Å². The Hall–Kier alpha value is -1.78. The molecule has 0 unspecified atom stereocenters. The molecule has 5 heteroatoms. The van der Waals surface area contributed by atoms with Gasteiger partial charge < -0.3 is 15.4 Å². The quantitative estimate of drug-likeness (QED) is 0.756. The van der Waals surface area contributed by atoms with Gasteiger partial charge in [-0.25, -0.2) is 4.98 Å². The molecule has 0 fully saturated rings. The molecule has 0 atom stereocenters. The van der Waals surface area contributed by atoms with E-state index in [2.05, 4.69) is 9.72 Å². The number of aromatic nitrogens is 1. The highest BCUT2D eigenvalue weighted by Gasteiger charge is 2.12. The minimum absolute atomic E-state index is 0.195. The highest BCUT2D eigenvalue weighted by Crippen LogP contribution is 2.12. The fraction of sp³-hybridized carbons (Fsp3) is 0.455. The van der Waals surface area contributed by atoms with Crippen LogP contribution in [0.1, 0.15) is 13.3 Å². The van der Waals surface area contributed by atoms with Crippen LogP contribution in [0.2, 0.25) is 0 Å². The summed E-state index contributed by atoms with van der Waals surface area (Å²) in [7, 11) is 1.37. The van der Waals surface area contributed by atoms with Crippen molar-refractivity contribution in [2.45, 2.75) is 13.3 Å². The number of nitrogens with two attached hydrogens (primary N) is 1. The Bertz CT molecular complexity index is 355. The molecular formula is C11H17N3O2. The minimum Gasteiger partial charge on any atom is -0.468 e. The first-order chi connectivity index (χ1) is 7.67. The molecule has 1 aromatic rings. The van der Waals surface area contributed by atoms with E-state index in [0.717, 1.165) is 13.0 Å². The van der Waals surface area contributed by atoms with Crippen molar-refractivity contribution >= 4 is 17.6 Å². The van der Waals surface area contributed by atoms with Crippen LogP contribution in [0.4, 0.5) is 11.6 Å². The summed E-state index contributed by atoms with van der Waals surface area (Å²) in [6, 6.07) is 5.36. The van der Waals surface area contributed by atoms with Gasteiger partial charge in [0.05, 0.1) is 7.11 Å². The molecule has 0 aromatic carbocycles. The Morgan fingerprint density at radius 3 is 2.88 bits per heavy atom. The molecule has 0 amide bonds. The number of pyridine rings is 1. The Morgan fingerprint density at radius 2 is 2.31 bits per heavy atom. The van der Waals surface area contributed by atoms with Gasteiger partial charge in [0, 0.05) is 6.54 Å². The van der Waals surface area contributed by atoms with Crippen LogP contribution < -0.4 is 10.6 Å². The number of methoxy groups -OCH3 is 1. The molecule has 0 saturated heterocycles. The number of esters is 1. The second kappa shape index (κ2) is 5.95. The fourth-order valence-electron chi connectivity index (χ4n) is 1.38. The van der Waals surface area contributed by atoms with Crippen LogP contribution in [0.5, 0.6) is 0 Å². The summed E-state index contributed by atoms with van der Waals surface area (Å²) < 4.78 is 4.64. The predicted molar refractivity (Wildman–Crippen MR) is 63.2 cm³/mol. The summed E-state index contributed by atoms with van der Waals surface area (Å²) in [6.07, 6.45) is 0.924. The Morgan fingerprint density at radius 1 is 1.56 bits per heavy atom. The van der Waals surface area contributed by atoms with E-state index < -0.39 is 0 Å². The lowest BCUT2D eigenvalue weighted by atomic mass is 10.3. The van der Waals surface area contributed by atoms with Gasteiger partial charge in [0.15, 0.2) is 0 Å². The number of nitrogen functional groups attached to an aromatic ring is 1. The number of rotatable bonds is 5. The first-order valence-corrected chi connectivity index (χ1v) is 5.21. The average molecular weight is 223 g/mol. The fourth-order valence-corrected chi connectivity index (χ4v) is 1.38. The number of nitrogens with zero attached hydrogens (tertiary/aromatic N) is 2. The lowest BCUT2D eigenvalue weighted by Crippen LogP contribution is -2.32. The monoisotopic (exact) mass is 223 g/mol. The molecule has 88 valence electrons. The maximum Gasteiger partial charge on any atom is 0.325 e. The SMILES string of the molecule is CCCN(CC(=O)OC)c1cccc(N)n1. The van der Waals surface area contributed by atoms with Crippen molar-refractivity contribution in [3.63, 3.8) is 0 Å². The number of anilines is 2. The number of carbonyl (C=O) groups excluding carboxylic acids is 1. The molecule has 0 radical (unpaired) electrons. The van der Waals surface area contributed by atoms with Crippen LogP contribution in [-0.2, 0) is 9.53 Å². The third kappa shape index (κ3) is 3.42. The van der Waals surface area contributed by atoms with Gasteiger partial charge >= 0.3 is 5.97 Å². The van der Waals surface area contributed by atoms with Crippen molar-refractivity contribution in [1.82, 2.24) is 4.98 Å². The molecule has 0 bridgehead atoms. The highest BCUT2D eigenvalue weighted by atomic mass is 16.5. The largest absolute Gasteiger partial charge is 0.468 e. The van der Waals surface area contributed by atoms with E-state index in [1.807, 2.05) is 24.0 Å². The summed E-state index contributed by atoms with van der Waals surface area (Å²) in [4.78, 5) is 17.3. The third-order valence-electron chi connectivity index (χ3n) is 2.12. The van der Waals surface area contributed by atoms with E-state index in [9.17, 15) is 4.79 Å². The summed E-state index contributed by atoms with van der Waals surface area (Å²) in [5.41, 5.74) is 5.60. The molecular weight excluding hydrogens is 206 g/mol. The van der Waals surface area contributed by atoms with Crippen LogP contribution >= 0.6 is 0 Å². The van der Waals surface area contributed by atoms with Gasteiger partial charge in [-0.3, -0.25) is 4.79 Å². The summed E-state index contributed by atoms with van der Waals surface area (Å²) in [6.45, 7) is 2.98. The molecule has 0 aliphatic rings. The van der Waals surface area contributed by atoms with Gasteiger partial charge in [-0.05, 0) is 18.6 Å². The second-order valence-electron chi connectivity index (χ2n) is 3.42. The number of ether oxygens (including phenoxy) is 1. The summed E-state index contributed by atoms with van der Waals surface area (Å²) in [5, 5.41) is 0. The van der Waals surface area contributed by atoms with Crippen molar-refractivity contribution in [2.24, 2.45) is 0 Å². The van der Waals surface area contributed by atoms with Crippen molar-refractivity contribution < 1.29 is 9.53 Å². The molecule has 2 N–H and O–H groups in total. The van der Waals surface area contributed by atoms with E-state index in [0.29, 0.717) is 11.6 Å². The number of hydrogen-bond donors (Lipinski definition) is 1. The molecule has 0 aliphatic heterocycles. The molecule has 0 saturated carbocycles. The Balaban J connectivity index is 2.80. The van der Waals surface area contributed by atoms with Gasteiger partial charge in [0.1, 0.15) is 18.2 Å². The van der Waals surface area contributed by atoms with Crippen LogP contribution in [-0.4, -0.2) is 31.2 Å². The molecule has 1 heterocycles. The van der Waals surface area contributed by atoms with E-state index in [1.165, 1.54) is 7.11 Å². The average Bonchev–Trinajstić information content (AvgIpc) is 2.28. The van der Waals surface area contributed by atoms with Crippen LogP contribution in [0.3, 0.4) is 0 Å². The van der Waals surface area contributed by atoms with E-state index in [-0.39, 0.29) is 12.5 Å². The van der Waals surface area contributed by atoms with E-state index in [1.54, 1.807) is 6.07 Å². The molecule has 0 aliphatic carbocycles. The molecule has 1 aromatic heterocycles. The molecule has 5 nitrogen and oxygen atoms in total. The summed E-state index contributed by atoms with van der Waals surface area (Å²) in [5.74, 6) is 0.869. The van der Waals surface area contributed by atoms with Crippen molar-refractivity contribution in [3.8, 4) is 0 Å². The third-order valence-corrected chi connectivity index (χ3v) is 2.12. The smallest absolute Gasteiger partial charge is 0.325 e. The molecule has 16 heavy (non-hydrogen) atoms. The second-order valence-corrected chi connectivity index (χ2v) is 3.42. The van der Waals surface area contributed by atoms with Crippen LogP contribution in [0.25, 0.3) is 0 Å². The normalized spacial score (nSPS) is 9.88. The van der Waals surface area contributed by atoms with Crippen molar-refractivity contribution in [1.29, 1.82) is 0 Å². The maximum absolute atomic E-state index is 11.2. The summed E-state index contributed by atoms with van der Waals surface area (Å²) >= 11 is 0. The maximum atomic E-state index is 11.2. The van der Waals surface area contributed by atoms with Crippen molar-refractivity contribution in [3.05, 3.63) is 18.2 Å². The zero-order chi connectivity index (χ0) is 12.0. The zero-order valence-electron chi connectivity index (χ0n) is 9.64. The van der Waals surface area contributed by atoms with E-state index in [4.69, 9.17) is 5.73 Å². The van der Waals surface area contributed by atoms with E-state index >= 15 is 0 Å². The van der Waals surface area contributed by atoms with Gasteiger partial charge in [-0.1, -0.05) is 13.0 Å². The lowest BCUT2D eigenvalue weighted by molar-refractivity contribution is -0.138. The lowest BCUT2D eigenvalue weighted by Gasteiger charge is -2.21. The highest BCUT2D eigenvalue weighted by molar-refractivity contribution is 5.75. The van der Waals surface area contributed by atoms with Gasteiger partial charge in [-0.2, -0.15) is 0 Å². The van der Waals surface area contributed by atoms with Crippen LogP contribution in [0.15, 0.2) is 18.2 Å². The standard InChI is InChI=1S/C11H17N3O2/c1-3-7-14(8-11(15)16-2)10-6-4-5-9(12)13-10/h4-6H,3,7-8H2,1-2H3,(H2,12,13). The molecule has 0 spiro atoms. The molecule has 1 rings (SSSR count). The predicted octanol–water partition coefficient (Wildman–Crippen LogP) is 1.05. The first kappa shape index (κ1) is 12.3. The number of carbonyl (C=O) groups is 1. The Kier molecular flexibility index (Phi) is 4.57. The van der Waals surface area contributed by atoms with Gasteiger partial charge in [0.2, 0.25) is 0 Å².